The SMILES string of the molecule is CCc1ncnc(CCCc2ccc(Oc3ccc(Cl)cc3)cc2)c1Cl.CSOOO. The summed E-state index contributed by atoms with van der Waals surface area (Å²) < 4.78 is 9.62. The smallest absolute Gasteiger partial charge is 0.127 e. The van der Waals surface area contributed by atoms with Gasteiger partial charge in [-0.2, -0.15) is 0 Å². The average Bonchev–Trinajstić information content (AvgIpc) is 2.79. The van der Waals surface area contributed by atoms with E-state index in [4.69, 9.17) is 33.2 Å². The fourth-order valence-electron chi connectivity index (χ4n) is 2.72. The zero-order chi connectivity index (χ0) is 22.5. The second kappa shape index (κ2) is 14.2. The van der Waals surface area contributed by atoms with Crippen LogP contribution in [0.2, 0.25) is 10.0 Å². The van der Waals surface area contributed by atoms with Crippen LogP contribution in [0.15, 0.2) is 54.9 Å². The van der Waals surface area contributed by atoms with Gasteiger partial charge in [-0.1, -0.05) is 47.3 Å². The Morgan fingerprint density at radius 1 is 0.903 bits per heavy atom. The van der Waals surface area contributed by atoms with Crippen LogP contribution in [0.3, 0.4) is 0 Å². The highest BCUT2D eigenvalue weighted by Crippen LogP contribution is 2.24. The third kappa shape index (κ3) is 9.03. The normalized spacial score (nSPS) is 10.4. The molecule has 6 nitrogen and oxygen atoms in total. The van der Waals surface area contributed by atoms with E-state index in [-0.39, 0.29) is 0 Å². The number of hydrogen-bond acceptors (Lipinski definition) is 7. The third-order valence-electron chi connectivity index (χ3n) is 4.22. The van der Waals surface area contributed by atoms with Crippen LogP contribution in [-0.2, 0) is 28.6 Å². The zero-order valence-corrected chi connectivity index (χ0v) is 19.6. The van der Waals surface area contributed by atoms with Gasteiger partial charge in [0.15, 0.2) is 0 Å². The van der Waals surface area contributed by atoms with Crippen LogP contribution in [0, 0.1) is 0 Å². The van der Waals surface area contributed by atoms with E-state index in [1.54, 1.807) is 12.6 Å². The molecule has 31 heavy (non-hydrogen) atoms. The number of rotatable bonds is 9. The van der Waals surface area contributed by atoms with E-state index in [9.17, 15) is 0 Å². The molecule has 0 atom stereocenters. The van der Waals surface area contributed by atoms with Gasteiger partial charge in [0.1, 0.15) is 17.8 Å². The number of aryl methyl sites for hydroxylation is 3. The predicted molar refractivity (Wildman–Crippen MR) is 125 cm³/mol. The van der Waals surface area contributed by atoms with Gasteiger partial charge < -0.3 is 4.74 Å². The van der Waals surface area contributed by atoms with Crippen LogP contribution in [-0.4, -0.2) is 21.5 Å². The first-order chi connectivity index (χ1) is 15.1. The van der Waals surface area contributed by atoms with Gasteiger partial charge in [-0.25, -0.2) is 15.2 Å². The summed E-state index contributed by atoms with van der Waals surface area (Å²) in [5.74, 6) is 1.58. The van der Waals surface area contributed by atoms with Crippen molar-refractivity contribution in [2.45, 2.75) is 32.6 Å². The number of benzene rings is 2. The summed E-state index contributed by atoms with van der Waals surface area (Å²) in [6.45, 7) is 2.05. The summed E-state index contributed by atoms with van der Waals surface area (Å²) in [6, 6.07) is 15.5. The Morgan fingerprint density at radius 3 is 2.06 bits per heavy atom. The molecule has 0 aliphatic carbocycles. The van der Waals surface area contributed by atoms with E-state index in [1.807, 2.05) is 43.3 Å². The van der Waals surface area contributed by atoms with Gasteiger partial charge in [0.2, 0.25) is 0 Å². The molecule has 9 heteroatoms. The van der Waals surface area contributed by atoms with Gasteiger partial charge in [0.05, 0.1) is 16.4 Å². The lowest BCUT2D eigenvalue weighted by atomic mass is 10.1. The van der Waals surface area contributed by atoms with E-state index in [1.165, 1.54) is 5.56 Å². The molecule has 0 aliphatic heterocycles. The fourth-order valence-corrected chi connectivity index (χ4v) is 3.23. The lowest BCUT2D eigenvalue weighted by molar-refractivity contribution is -0.432. The largest absolute Gasteiger partial charge is 0.457 e. The highest BCUT2D eigenvalue weighted by molar-refractivity contribution is 7.93. The van der Waals surface area contributed by atoms with Crippen molar-refractivity contribution in [1.29, 1.82) is 0 Å². The molecule has 0 spiro atoms. The number of hydrogen-bond donors (Lipinski definition) is 1. The van der Waals surface area contributed by atoms with Crippen molar-refractivity contribution in [3.8, 4) is 11.5 Å². The van der Waals surface area contributed by atoms with Crippen molar-refractivity contribution >= 4 is 35.2 Å². The fraction of sp³-hybridized carbons (Fsp3) is 0.273. The van der Waals surface area contributed by atoms with Crippen LogP contribution < -0.4 is 4.74 Å². The number of ether oxygens (including phenoxy) is 1. The molecule has 0 fully saturated rings. The van der Waals surface area contributed by atoms with Gasteiger partial charge in [-0.05, 0) is 67.6 Å². The average molecular weight is 483 g/mol. The van der Waals surface area contributed by atoms with Crippen LogP contribution in [0.5, 0.6) is 11.5 Å². The first-order valence-corrected chi connectivity index (χ1v) is 11.5. The lowest BCUT2D eigenvalue weighted by Gasteiger charge is -2.08. The first kappa shape index (κ1) is 25.4. The Bertz CT molecular complexity index is 910. The summed E-state index contributed by atoms with van der Waals surface area (Å²) in [6.07, 6.45) is 6.83. The molecule has 0 saturated heterocycles. The van der Waals surface area contributed by atoms with Crippen molar-refractivity contribution in [3.05, 3.63) is 81.9 Å². The summed E-state index contributed by atoms with van der Waals surface area (Å²) in [7, 11) is 0. The minimum Gasteiger partial charge on any atom is -0.457 e. The number of aromatic nitrogens is 2. The Labute approximate surface area is 196 Å². The molecule has 0 bridgehead atoms. The minimum absolute atomic E-state index is 0.697. The van der Waals surface area contributed by atoms with E-state index >= 15 is 0 Å². The monoisotopic (exact) mass is 482 g/mol. The van der Waals surface area contributed by atoms with Crippen LogP contribution >= 0.6 is 35.2 Å². The summed E-state index contributed by atoms with van der Waals surface area (Å²) >= 11 is 13.2. The zero-order valence-electron chi connectivity index (χ0n) is 17.3. The van der Waals surface area contributed by atoms with Gasteiger partial charge in [-0.15, -0.1) is 4.33 Å². The van der Waals surface area contributed by atoms with Gasteiger partial charge in [0.25, 0.3) is 0 Å². The van der Waals surface area contributed by atoms with E-state index in [2.05, 4.69) is 31.5 Å². The molecule has 0 saturated carbocycles. The third-order valence-corrected chi connectivity index (χ3v) is 5.10. The molecule has 0 amide bonds. The van der Waals surface area contributed by atoms with Crippen molar-refractivity contribution in [2.24, 2.45) is 0 Å². The summed E-state index contributed by atoms with van der Waals surface area (Å²) in [5.41, 5.74) is 3.11. The second-order valence-corrected chi connectivity index (χ2v) is 7.58. The molecule has 0 aliphatic rings. The van der Waals surface area contributed by atoms with Crippen molar-refractivity contribution in [2.75, 3.05) is 6.26 Å². The Morgan fingerprint density at radius 2 is 1.52 bits per heavy atom. The standard InChI is InChI=1S/C21H20Cl2N2O.CH4O3S/c1-2-19-21(23)20(25-14-24-19)5-3-4-15-6-10-17(11-7-15)26-18-12-8-16(22)9-13-18;1-5-4-3-2/h6-14H,2-5H2,1H3;2H,1H3. The molecule has 3 rings (SSSR count). The summed E-state index contributed by atoms with van der Waals surface area (Å²) in [5, 5.41) is 11.9. The number of halogens is 2. The number of nitrogens with zero attached hydrogens (tertiary/aromatic N) is 2. The molecular formula is C22H24Cl2N2O4S. The van der Waals surface area contributed by atoms with E-state index < -0.39 is 0 Å². The quantitative estimate of drug-likeness (QED) is 0.200. The molecule has 1 heterocycles. The maximum atomic E-state index is 7.32. The van der Waals surface area contributed by atoms with Crippen LogP contribution in [0.25, 0.3) is 0 Å². The lowest BCUT2D eigenvalue weighted by Crippen LogP contribution is -1.99. The van der Waals surface area contributed by atoms with Crippen molar-refractivity contribution in [3.63, 3.8) is 0 Å². The van der Waals surface area contributed by atoms with Crippen molar-refractivity contribution in [1.82, 2.24) is 9.97 Å². The molecule has 0 unspecified atom stereocenters. The summed E-state index contributed by atoms with van der Waals surface area (Å²) in [4.78, 5) is 8.52. The highest BCUT2D eigenvalue weighted by atomic mass is 35.5. The first-order valence-electron chi connectivity index (χ1n) is 9.58. The molecular weight excluding hydrogens is 459 g/mol. The molecule has 3 aromatic rings. The van der Waals surface area contributed by atoms with E-state index in [0.29, 0.717) is 10.0 Å². The molecule has 166 valence electrons. The maximum absolute atomic E-state index is 7.32. The van der Waals surface area contributed by atoms with Gasteiger partial charge in [0, 0.05) is 23.3 Å². The Hall–Kier alpha value is -1.87. The van der Waals surface area contributed by atoms with Crippen molar-refractivity contribution < 1.29 is 19.4 Å². The maximum Gasteiger partial charge on any atom is 0.127 e. The predicted octanol–water partition coefficient (Wildman–Crippen LogP) is 7.00. The minimum atomic E-state index is 0.697. The highest BCUT2D eigenvalue weighted by Gasteiger charge is 2.07. The topological polar surface area (TPSA) is 73.7 Å². The molecule has 2 aromatic carbocycles. The Kier molecular flexibility index (Phi) is 11.7. The van der Waals surface area contributed by atoms with Crippen LogP contribution in [0.1, 0.15) is 30.3 Å². The van der Waals surface area contributed by atoms with E-state index in [0.717, 1.165) is 60.6 Å². The second-order valence-electron chi connectivity index (χ2n) is 6.30. The van der Waals surface area contributed by atoms with Crippen LogP contribution in [0.4, 0.5) is 0 Å². The van der Waals surface area contributed by atoms with Gasteiger partial charge in [-0.3, -0.25) is 0 Å². The molecule has 1 aromatic heterocycles. The molecule has 0 radical (unpaired) electrons. The molecule has 1 N–H and O–H groups in total. The Balaban J connectivity index is 0.000000614. The van der Waals surface area contributed by atoms with Gasteiger partial charge >= 0.3 is 0 Å².